The first-order valence-electron chi connectivity index (χ1n) is 20.5. The molecule has 282 valence electrons. The zero-order valence-electron chi connectivity index (χ0n) is 32.7. The lowest BCUT2D eigenvalue weighted by molar-refractivity contribution is 1.01. The van der Waals surface area contributed by atoms with Gasteiger partial charge in [-0.1, -0.05) is 103 Å². The van der Waals surface area contributed by atoms with E-state index < -0.39 is 0 Å². The normalized spacial score (nSPS) is 12.2. The van der Waals surface area contributed by atoms with Gasteiger partial charge in [-0.3, -0.25) is 0 Å². The van der Waals surface area contributed by atoms with Crippen molar-refractivity contribution in [2.45, 2.75) is 9.79 Å². The predicted molar refractivity (Wildman–Crippen MR) is 254 cm³/mol. The number of benzene rings is 9. The summed E-state index contributed by atoms with van der Waals surface area (Å²) in [6, 6.07) is 73.5. The van der Waals surface area contributed by atoms with E-state index >= 15 is 0 Å². The van der Waals surface area contributed by atoms with Crippen LogP contribution in [0.15, 0.2) is 210 Å². The highest BCUT2D eigenvalue weighted by molar-refractivity contribution is 7.99. The van der Waals surface area contributed by atoms with Gasteiger partial charge in [0, 0.05) is 88.0 Å². The number of hydrogen-bond acceptors (Lipinski definition) is 1. The lowest BCUT2D eigenvalue weighted by atomic mass is 10.1. The Morgan fingerprint density at radius 2 is 0.600 bits per heavy atom. The van der Waals surface area contributed by atoms with E-state index in [0.29, 0.717) is 0 Å². The van der Waals surface area contributed by atoms with Gasteiger partial charge in [0.1, 0.15) is 0 Å². The van der Waals surface area contributed by atoms with Crippen LogP contribution in [0, 0.1) is 0 Å². The summed E-state index contributed by atoms with van der Waals surface area (Å²) in [7, 11) is 2.16. The second kappa shape index (κ2) is 12.8. The summed E-state index contributed by atoms with van der Waals surface area (Å²) < 4.78 is 9.54. The molecule has 0 N–H and O–H groups in total. The van der Waals surface area contributed by atoms with E-state index in [1.165, 1.54) is 108 Å². The van der Waals surface area contributed by atoms with Gasteiger partial charge in [-0.15, -0.1) is 0 Å². The van der Waals surface area contributed by atoms with E-state index in [1.54, 1.807) is 0 Å². The van der Waals surface area contributed by atoms with Crippen LogP contribution in [0.5, 0.6) is 0 Å². The van der Waals surface area contributed by atoms with E-state index in [0.717, 1.165) is 5.69 Å². The van der Waals surface area contributed by atoms with Gasteiger partial charge in [-0.25, -0.2) is 0 Å². The molecule has 0 atom stereocenters. The number of nitrogens with zero attached hydrogens (tertiary/aromatic N) is 4. The first kappa shape index (κ1) is 33.5. The van der Waals surface area contributed by atoms with Gasteiger partial charge in [-0.05, 0) is 109 Å². The minimum absolute atomic E-state index is 1.16. The molecule has 0 aliphatic rings. The average Bonchev–Trinajstić information content (AvgIpc) is 4.01. The van der Waals surface area contributed by atoms with Gasteiger partial charge in [-0.2, -0.15) is 0 Å². The quantitative estimate of drug-likeness (QED) is 0.170. The van der Waals surface area contributed by atoms with Gasteiger partial charge in [0.2, 0.25) is 0 Å². The molecule has 60 heavy (non-hydrogen) atoms. The Kier molecular flexibility index (Phi) is 7.13. The average molecular weight is 785 g/mol. The zero-order valence-corrected chi connectivity index (χ0v) is 33.6. The molecule has 13 aromatic rings. The van der Waals surface area contributed by atoms with Crippen molar-refractivity contribution in [3.05, 3.63) is 200 Å². The maximum Gasteiger partial charge on any atom is 0.0542 e. The molecule has 0 bridgehead atoms. The SMILES string of the molecule is Cn1c2ccccc2c2cc(-n3c4ccccc4c4cc(Sc5ccc6c(c5)c5ccccc5n6-c5ccc6c(c5)c5ccccc5n6-c5ccccc5)ccc43)ccc21. The molecule has 0 saturated carbocycles. The Morgan fingerprint density at radius 3 is 1.12 bits per heavy atom. The van der Waals surface area contributed by atoms with Crippen LogP contribution in [0.2, 0.25) is 0 Å². The molecule has 4 aromatic heterocycles. The van der Waals surface area contributed by atoms with E-state index in [9.17, 15) is 0 Å². The third kappa shape index (κ3) is 4.81. The lowest BCUT2D eigenvalue weighted by Crippen LogP contribution is -1.95. The van der Waals surface area contributed by atoms with Crippen LogP contribution in [0.4, 0.5) is 0 Å². The van der Waals surface area contributed by atoms with Gasteiger partial charge < -0.3 is 18.3 Å². The van der Waals surface area contributed by atoms with Crippen LogP contribution in [0.1, 0.15) is 0 Å². The summed E-state index contributed by atoms with van der Waals surface area (Å²) in [6.45, 7) is 0. The van der Waals surface area contributed by atoms with E-state index in [2.05, 4.69) is 226 Å². The van der Waals surface area contributed by atoms with Crippen LogP contribution < -0.4 is 0 Å². The number of rotatable bonds is 5. The van der Waals surface area contributed by atoms with E-state index in [-0.39, 0.29) is 0 Å². The molecular formula is C55H36N4S. The van der Waals surface area contributed by atoms with Crippen molar-refractivity contribution in [3.63, 3.8) is 0 Å². The van der Waals surface area contributed by atoms with Crippen LogP contribution in [-0.4, -0.2) is 18.3 Å². The molecule has 0 saturated heterocycles. The topological polar surface area (TPSA) is 19.7 Å². The second-order valence-corrected chi connectivity index (χ2v) is 17.0. The third-order valence-electron chi connectivity index (χ3n) is 12.6. The molecule has 5 heteroatoms. The van der Waals surface area contributed by atoms with Gasteiger partial charge in [0.25, 0.3) is 0 Å². The predicted octanol–water partition coefficient (Wildman–Crippen LogP) is 14.8. The molecule has 0 fully saturated rings. The van der Waals surface area contributed by atoms with Gasteiger partial charge in [0.15, 0.2) is 0 Å². The molecule has 0 radical (unpaired) electrons. The smallest absolute Gasteiger partial charge is 0.0542 e. The van der Waals surface area contributed by atoms with Crippen LogP contribution in [-0.2, 0) is 7.05 Å². The Balaban J connectivity index is 0.917. The van der Waals surface area contributed by atoms with Crippen LogP contribution >= 0.6 is 11.8 Å². The monoisotopic (exact) mass is 784 g/mol. The minimum Gasteiger partial charge on any atom is -0.344 e. The molecular weight excluding hydrogens is 749 g/mol. The summed E-state index contributed by atoms with van der Waals surface area (Å²) in [4.78, 5) is 2.44. The fourth-order valence-electron chi connectivity index (χ4n) is 9.97. The highest BCUT2D eigenvalue weighted by atomic mass is 32.2. The highest BCUT2D eigenvalue weighted by Crippen LogP contribution is 2.41. The maximum atomic E-state index is 2.43. The fourth-order valence-corrected chi connectivity index (χ4v) is 10.9. The molecule has 0 amide bonds. The van der Waals surface area contributed by atoms with Gasteiger partial charge >= 0.3 is 0 Å². The summed E-state index contributed by atoms with van der Waals surface area (Å²) >= 11 is 1.83. The lowest BCUT2D eigenvalue weighted by Gasteiger charge is -2.11. The molecule has 4 heterocycles. The molecule has 0 spiro atoms. The van der Waals surface area contributed by atoms with Crippen LogP contribution in [0.25, 0.3) is 104 Å². The van der Waals surface area contributed by atoms with Crippen LogP contribution in [0.3, 0.4) is 0 Å². The largest absolute Gasteiger partial charge is 0.344 e. The Labute approximate surface area is 349 Å². The van der Waals surface area contributed by atoms with Crippen molar-refractivity contribution < 1.29 is 0 Å². The molecule has 13 rings (SSSR count). The highest BCUT2D eigenvalue weighted by Gasteiger charge is 2.19. The first-order chi connectivity index (χ1) is 29.7. The van der Waals surface area contributed by atoms with Crippen molar-refractivity contribution in [2.75, 3.05) is 0 Å². The zero-order chi connectivity index (χ0) is 39.5. The van der Waals surface area contributed by atoms with E-state index in [4.69, 9.17) is 0 Å². The molecule has 4 nitrogen and oxygen atoms in total. The minimum atomic E-state index is 1.16. The first-order valence-corrected chi connectivity index (χ1v) is 21.3. The van der Waals surface area contributed by atoms with Crippen molar-refractivity contribution >= 4 is 99.0 Å². The third-order valence-corrected chi connectivity index (χ3v) is 13.6. The number of aryl methyl sites for hydroxylation is 1. The number of aromatic nitrogens is 4. The molecule has 0 unspecified atom stereocenters. The summed E-state index contributed by atoms with van der Waals surface area (Å²) in [5.74, 6) is 0. The van der Waals surface area contributed by atoms with Crippen molar-refractivity contribution in [1.29, 1.82) is 0 Å². The fraction of sp³-hybridized carbons (Fsp3) is 0.0182. The van der Waals surface area contributed by atoms with Crippen molar-refractivity contribution in [1.82, 2.24) is 18.3 Å². The standard InChI is InChI=1S/C55H36N4S/c1-56-48-19-9-5-15-40(48)44-31-36(23-27-49(44)56)58-51-21-11-7-17-42(51)46-33-38(25-29-54(46)58)60-39-26-30-55-47(34-39)43-18-8-12-22-52(43)59(55)37-24-28-53-45(32-37)41-16-6-10-20-50(41)57(53)35-13-3-2-4-14-35/h2-34H,1H3. The number of hydrogen-bond donors (Lipinski definition) is 0. The number of para-hydroxylation sites is 5. The number of fused-ring (bicyclic) bond motifs is 12. The summed E-state index contributed by atoms with van der Waals surface area (Å²) in [6.07, 6.45) is 0. The van der Waals surface area contributed by atoms with Crippen molar-refractivity contribution in [2.24, 2.45) is 7.05 Å². The maximum absolute atomic E-state index is 2.43. The van der Waals surface area contributed by atoms with E-state index in [1.807, 2.05) is 11.8 Å². The Morgan fingerprint density at radius 1 is 0.267 bits per heavy atom. The van der Waals surface area contributed by atoms with Crippen molar-refractivity contribution in [3.8, 4) is 17.1 Å². The molecule has 0 aliphatic heterocycles. The summed E-state index contributed by atoms with van der Waals surface area (Å²) in [5.41, 5.74) is 13.2. The summed E-state index contributed by atoms with van der Waals surface area (Å²) in [5, 5.41) is 10.1. The van der Waals surface area contributed by atoms with Gasteiger partial charge in [0.05, 0.1) is 33.1 Å². The molecule has 9 aromatic carbocycles. The Bertz CT molecular complexity index is 3880. The Hall–Kier alpha value is -7.47. The second-order valence-electron chi connectivity index (χ2n) is 15.8. The molecule has 0 aliphatic carbocycles.